The quantitative estimate of drug-likeness (QED) is 0.493. The van der Waals surface area contributed by atoms with Gasteiger partial charge in [-0.3, -0.25) is 4.79 Å². The van der Waals surface area contributed by atoms with Crippen molar-refractivity contribution in [1.82, 2.24) is 5.43 Å². The molecule has 83 valence electrons. The number of halogens is 1. The lowest BCUT2D eigenvalue weighted by molar-refractivity contribution is 0.0955. The van der Waals surface area contributed by atoms with E-state index in [1.165, 1.54) is 19.3 Å². The Morgan fingerprint density at radius 1 is 1.62 bits per heavy atom. The molecule has 0 bridgehead atoms. The molecule has 1 aromatic carbocycles. The van der Waals surface area contributed by atoms with Crippen LogP contribution in [-0.4, -0.2) is 26.4 Å². The number of benzene rings is 1. The Morgan fingerprint density at radius 2 is 2.38 bits per heavy atom. The summed E-state index contributed by atoms with van der Waals surface area (Å²) in [4.78, 5) is 11.5. The zero-order valence-corrected chi connectivity index (χ0v) is 9.78. The molecule has 0 saturated carbocycles. The minimum Gasteiger partial charge on any atom is -0.495 e. The average Bonchev–Trinajstić information content (AvgIpc) is 2.29. The molecule has 0 heterocycles. The molecule has 1 radical (unpaired) electrons. The highest BCUT2D eigenvalue weighted by Crippen LogP contribution is 2.24. The molecule has 0 aliphatic heterocycles. The van der Waals surface area contributed by atoms with Crippen molar-refractivity contribution in [3.63, 3.8) is 0 Å². The smallest absolute Gasteiger partial charge is 0.271 e. The Labute approximate surface area is 99.9 Å². The maximum Gasteiger partial charge on any atom is 0.271 e. The Kier molecular flexibility index (Phi) is 4.86. The van der Waals surface area contributed by atoms with Gasteiger partial charge in [-0.05, 0) is 24.3 Å². The van der Waals surface area contributed by atoms with E-state index in [1.54, 1.807) is 26.2 Å². The summed E-state index contributed by atoms with van der Waals surface area (Å²) in [6, 6.07) is 4.78. The first kappa shape index (κ1) is 12.6. The van der Waals surface area contributed by atoms with Gasteiger partial charge in [0.25, 0.3) is 5.91 Å². The molecule has 0 unspecified atom stereocenters. The molecule has 16 heavy (non-hydrogen) atoms. The molecular formula is C10H11BClN2O2. The first-order valence-corrected chi connectivity index (χ1v) is 5.01. The van der Waals surface area contributed by atoms with Gasteiger partial charge < -0.3 is 4.74 Å². The number of nitrogens with zero attached hydrogens (tertiary/aromatic N) is 1. The molecule has 6 heteroatoms. The minimum absolute atomic E-state index is 0.317. The second-order valence-electron chi connectivity index (χ2n) is 2.90. The monoisotopic (exact) mass is 237 g/mol. The van der Waals surface area contributed by atoms with E-state index in [-0.39, 0.29) is 5.91 Å². The number of hydrogen-bond donors (Lipinski definition) is 1. The van der Waals surface area contributed by atoms with Crippen LogP contribution >= 0.6 is 11.6 Å². The highest BCUT2D eigenvalue weighted by molar-refractivity contribution is 6.66. The summed E-state index contributed by atoms with van der Waals surface area (Å²) in [6.45, 7) is 1.81. The molecule has 0 atom stereocenters. The molecule has 0 aromatic heterocycles. The molecule has 0 spiro atoms. The maximum atomic E-state index is 11.5. The van der Waals surface area contributed by atoms with Gasteiger partial charge in [0.2, 0.25) is 0 Å². The summed E-state index contributed by atoms with van der Waals surface area (Å²) in [6.07, 6.45) is 1.49. The van der Waals surface area contributed by atoms with E-state index in [2.05, 4.69) is 10.5 Å². The number of amides is 1. The fourth-order valence-electron chi connectivity index (χ4n) is 1.04. The van der Waals surface area contributed by atoms with Crippen LogP contribution in [-0.2, 0) is 0 Å². The largest absolute Gasteiger partial charge is 0.495 e. The van der Waals surface area contributed by atoms with Crippen LogP contribution in [0.2, 0.25) is 11.8 Å². The van der Waals surface area contributed by atoms with Crippen molar-refractivity contribution < 1.29 is 9.53 Å². The third-order valence-electron chi connectivity index (χ3n) is 1.80. The van der Waals surface area contributed by atoms with Gasteiger partial charge in [-0.15, -0.1) is 0 Å². The lowest BCUT2D eigenvalue weighted by Gasteiger charge is -2.04. The van der Waals surface area contributed by atoms with Crippen molar-refractivity contribution in [2.24, 2.45) is 5.10 Å². The summed E-state index contributed by atoms with van der Waals surface area (Å²) < 4.78 is 4.98. The molecule has 1 N–H and O–H groups in total. The van der Waals surface area contributed by atoms with Crippen LogP contribution in [0.4, 0.5) is 0 Å². The van der Waals surface area contributed by atoms with E-state index in [0.717, 1.165) is 0 Å². The van der Waals surface area contributed by atoms with Crippen LogP contribution in [0.15, 0.2) is 23.3 Å². The van der Waals surface area contributed by atoms with Crippen LogP contribution in [0.1, 0.15) is 10.4 Å². The fourth-order valence-corrected chi connectivity index (χ4v) is 1.30. The number of carbonyl (C=O) groups excluding carboxylic acids is 1. The van der Waals surface area contributed by atoms with Crippen molar-refractivity contribution in [2.45, 2.75) is 6.82 Å². The van der Waals surface area contributed by atoms with Crippen LogP contribution in [0.5, 0.6) is 5.75 Å². The second-order valence-corrected chi connectivity index (χ2v) is 3.31. The van der Waals surface area contributed by atoms with E-state index in [9.17, 15) is 4.79 Å². The predicted octanol–water partition coefficient (Wildman–Crippen LogP) is 1.77. The minimum atomic E-state index is -0.317. The zero-order chi connectivity index (χ0) is 12.0. The summed E-state index contributed by atoms with van der Waals surface area (Å²) in [5.41, 5.74) is 2.79. The molecule has 1 aromatic rings. The normalized spacial score (nSPS) is 10.2. The number of rotatable bonds is 4. The first-order chi connectivity index (χ1) is 7.69. The first-order valence-electron chi connectivity index (χ1n) is 4.64. The van der Waals surface area contributed by atoms with Crippen molar-refractivity contribution >= 4 is 30.9 Å². The highest BCUT2D eigenvalue weighted by atomic mass is 35.5. The molecule has 1 amide bonds. The van der Waals surface area contributed by atoms with Crippen molar-refractivity contribution in [1.29, 1.82) is 0 Å². The third kappa shape index (κ3) is 3.27. The lowest BCUT2D eigenvalue weighted by Crippen LogP contribution is -2.17. The summed E-state index contributed by atoms with van der Waals surface area (Å²) in [5.74, 6) is 0.214. The number of ether oxygens (including phenoxy) is 1. The van der Waals surface area contributed by atoms with Gasteiger partial charge in [0, 0.05) is 5.56 Å². The number of hydrogen-bond acceptors (Lipinski definition) is 3. The van der Waals surface area contributed by atoms with E-state index < -0.39 is 0 Å². The number of nitrogens with one attached hydrogen (secondary N) is 1. The molecule has 0 fully saturated rings. The van der Waals surface area contributed by atoms with Gasteiger partial charge in [0.05, 0.1) is 12.1 Å². The number of carbonyl (C=O) groups is 1. The van der Waals surface area contributed by atoms with Gasteiger partial charge in [0.1, 0.15) is 5.75 Å². The maximum absolute atomic E-state index is 11.5. The van der Waals surface area contributed by atoms with Crippen molar-refractivity contribution in [3.8, 4) is 5.75 Å². The van der Waals surface area contributed by atoms with Crippen LogP contribution in [0, 0.1) is 0 Å². The summed E-state index contributed by atoms with van der Waals surface area (Å²) in [5, 5.41) is 4.07. The number of methoxy groups -OCH3 is 1. The molecule has 0 aliphatic carbocycles. The van der Waals surface area contributed by atoms with Crippen LogP contribution < -0.4 is 10.2 Å². The molecular weight excluding hydrogens is 226 g/mol. The van der Waals surface area contributed by atoms with Crippen molar-refractivity contribution in [2.75, 3.05) is 7.11 Å². The molecule has 4 nitrogen and oxygen atoms in total. The second kappa shape index (κ2) is 6.17. The third-order valence-corrected chi connectivity index (χ3v) is 2.10. The number of hydrazone groups is 1. The lowest BCUT2D eigenvalue weighted by atomic mass is 9.86. The Morgan fingerprint density at radius 3 is 2.94 bits per heavy atom. The Balaban J connectivity index is 2.77. The fraction of sp³-hybridized carbons (Fsp3) is 0.200. The van der Waals surface area contributed by atoms with Gasteiger partial charge in [-0.25, -0.2) is 5.43 Å². The highest BCUT2D eigenvalue weighted by Gasteiger charge is 2.07. The average molecular weight is 237 g/mol. The van der Waals surface area contributed by atoms with Crippen LogP contribution in [0.25, 0.3) is 0 Å². The van der Waals surface area contributed by atoms with Gasteiger partial charge in [0.15, 0.2) is 7.28 Å². The molecule has 0 aliphatic rings. The topological polar surface area (TPSA) is 50.7 Å². The molecule has 1 rings (SSSR count). The summed E-state index contributed by atoms with van der Waals surface area (Å²) >= 11 is 5.89. The van der Waals surface area contributed by atoms with Crippen molar-refractivity contribution in [3.05, 3.63) is 28.8 Å². The summed E-state index contributed by atoms with van der Waals surface area (Å²) in [7, 11) is 3.23. The standard InChI is InChI=1S/C10H11BClN2O2/c1-11-6-13-14-10(15)7-3-4-9(16-2)8(12)5-7/h3-6H,1-2H3,(H,14,15)/b13-6+. The van der Waals surface area contributed by atoms with Gasteiger partial charge in [-0.1, -0.05) is 18.4 Å². The molecule has 0 saturated heterocycles. The Hall–Kier alpha value is -1.49. The van der Waals surface area contributed by atoms with E-state index in [1.807, 2.05) is 0 Å². The predicted molar refractivity (Wildman–Crippen MR) is 65.6 cm³/mol. The van der Waals surface area contributed by atoms with E-state index in [0.29, 0.717) is 16.3 Å². The van der Waals surface area contributed by atoms with E-state index in [4.69, 9.17) is 16.3 Å². The van der Waals surface area contributed by atoms with Gasteiger partial charge >= 0.3 is 0 Å². The Bertz CT molecular complexity index is 410. The van der Waals surface area contributed by atoms with Gasteiger partial charge in [-0.2, -0.15) is 5.10 Å². The SMILES string of the molecule is C[B]/C=N/NC(=O)c1ccc(OC)c(Cl)c1. The zero-order valence-electron chi connectivity index (χ0n) is 9.03. The van der Waals surface area contributed by atoms with Crippen LogP contribution in [0.3, 0.4) is 0 Å². The van der Waals surface area contributed by atoms with E-state index >= 15 is 0 Å².